The van der Waals surface area contributed by atoms with E-state index in [-0.39, 0.29) is 36.0 Å². The molecule has 28 heavy (non-hydrogen) atoms. The van der Waals surface area contributed by atoms with Crippen molar-refractivity contribution in [1.82, 2.24) is 0 Å². The van der Waals surface area contributed by atoms with E-state index in [2.05, 4.69) is 6.92 Å². The van der Waals surface area contributed by atoms with Crippen molar-refractivity contribution < 1.29 is 19.1 Å². The number of rotatable bonds is 7. The molecule has 0 aromatic rings. The summed E-state index contributed by atoms with van der Waals surface area (Å²) < 4.78 is 11.5. The monoisotopic (exact) mass is 392 g/mol. The van der Waals surface area contributed by atoms with E-state index in [1.54, 1.807) is 0 Å². The molecular formula is C24H40O4. The molecule has 0 N–H and O–H groups in total. The number of hydrogen-bond donors (Lipinski definition) is 0. The van der Waals surface area contributed by atoms with Gasteiger partial charge in [-0.05, 0) is 76.0 Å². The van der Waals surface area contributed by atoms with Crippen molar-refractivity contribution in [1.29, 1.82) is 0 Å². The summed E-state index contributed by atoms with van der Waals surface area (Å²) in [5, 5.41) is 0. The Morgan fingerprint density at radius 3 is 2.32 bits per heavy atom. The van der Waals surface area contributed by atoms with Gasteiger partial charge in [0.1, 0.15) is 12.2 Å². The number of ether oxygens (including phenoxy) is 2. The van der Waals surface area contributed by atoms with Crippen LogP contribution in [0.4, 0.5) is 0 Å². The van der Waals surface area contributed by atoms with Crippen molar-refractivity contribution >= 4 is 11.9 Å². The van der Waals surface area contributed by atoms with Crippen LogP contribution in [0.15, 0.2) is 0 Å². The van der Waals surface area contributed by atoms with Crippen LogP contribution in [-0.2, 0) is 19.1 Å². The van der Waals surface area contributed by atoms with Gasteiger partial charge in [-0.3, -0.25) is 9.59 Å². The number of carbonyl (C=O) groups is 2. The quantitative estimate of drug-likeness (QED) is 0.405. The molecule has 1 heterocycles. The van der Waals surface area contributed by atoms with Crippen molar-refractivity contribution in [2.24, 2.45) is 23.7 Å². The van der Waals surface area contributed by atoms with Crippen LogP contribution in [0.5, 0.6) is 0 Å². The minimum atomic E-state index is -0.0323. The first-order valence-corrected chi connectivity index (χ1v) is 12.0. The zero-order chi connectivity index (χ0) is 19.9. The number of hydrogen-bond acceptors (Lipinski definition) is 4. The fraction of sp³-hybridized carbons (Fsp3) is 0.917. The Bertz CT molecular complexity index is 501. The predicted octanol–water partition coefficient (Wildman–Crippen LogP) is 5.82. The van der Waals surface area contributed by atoms with E-state index in [4.69, 9.17) is 9.47 Å². The van der Waals surface area contributed by atoms with Crippen molar-refractivity contribution in [3.05, 3.63) is 0 Å². The lowest BCUT2D eigenvalue weighted by Crippen LogP contribution is -2.38. The highest BCUT2D eigenvalue weighted by Gasteiger charge is 2.36. The molecule has 2 atom stereocenters. The van der Waals surface area contributed by atoms with Crippen molar-refractivity contribution in [3.8, 4) is 0 Å². The molecule has 1 aliphatic heterocycles. The first-order valence-electron chi connectivity index (χ1n) is 12.0. The summed E-state index contributed by atoms with van der Waals surface area (Å²) >= 11 is 0. The molecule has 0 aromatic carbocycles. The summed E-state index contributed by atoms with van der Waals surface area (Å²) in [6, 6.07) is 0. The molecule has 160 valence electrons. The van der Waals surface area contributed by atoms with E-state index in [0.29, 0.717) is 5.92 Å². The average molecular weight is 393 g/mol. The first kappa shape index (κ1) is 21.6. The highest BCUT2D eigenvalue weighted by atomic mass is 16.5. The number of carbonyl (C=O) groups excluding carboxylic acids is 2. The Hall–Kier alpha value is -1.06. The highest BCUT2D eigenvalue weighted by molar-refractivity contribution is 5.73. The largest absolute Gasteiger partial charge is 0.462 e. The van der Waals surface area contributed by atoms with Gasteiger partial charge in [0.05, 0.1) is 11.8 Å². The van der Waals surface area contributed by atoms with Crippen LogP contribution in [0.1, 0.15) is 104 Å². The summed E-state index contributed by atoms with van der Waals surface area (Å²) in [6.45, 7) is 4.20. The normalized spacial score (nSPS) is 36.6. The van der Waals surface area contributed by atoms with Crippen LogP contribution in [-0.4, -0.2) is 24.1 Å². The summed E-state index contributed by atoms with van der Waals surface area (Å²) in [7, 11) is 0. The fourth-order valence-corrected chi connectivity index (χ4v) is 5.40. The fourth-order valence-electron chi connectivity index (χ4n) is 5.40. The summed E-state index contributed by atoms with van der Waals surface area (Å²) in [5.41, 5.74) is 0. The van der Waals surface area contributed by atoms with Gasteiger partial charge in [0.15, 0.2) is 0 Å². The van der Waals surface area contributed by atoms with E-state index >= 15 is 0 Å². The average Bonchev–Trinajstić information content (AvgIpc) is 2.71. The van der Waals surface area contributed by atoms with Gasteiger partial charge in [0.25, 0.3) is 0 Å². The third-order valence-electron chi connectivity index (χ3n) is 7.48. The van der Waals surface area contributed by atoms with Crippen molar-refractivity contribution in [2.75, 3.05) is 0 Å². The van der Waals surface area contributed by atoms with Crippen LogP contribution >= 0.6 is 0 Å². The summed E-state index contributed by atoms with van der Waals surface area (Å²) in [6.07, 6.45) is 15.7. The van der Waals surface area contributed by atoms with Gasteiger partial charge in [0, 0.05) is 0 Å². The maximum absolute atomic E-state index is 12.6. The smallest absolute Gasteiger partial charge is 0.309 e. The van der Waals surface area contributed by atoms with Crippen LogP contribution < -0.4 is 0 Å². The number of esters is 2. The minimum absolute atomic E-state index is 0.0323. The molecule has 0 bridgehead atoms. The molecule has 2 unspecified atom stereocenters. The van der Waals surface area contributed by atoms with Crippen LogP contribution in [0.25, 0.3) is 0 Å². The molecule has 4 heteroatoms. The second kappa shape index (κ2) is 10.6. The summed E-state index contributed by atoms with van der Waals surface area (Å²) in [4.78, 5) is 24.4. The van der Waals surface area contributed by atoms with Gasteiger partial charge in [-0.15, -0.1) is 0 Å². The molecule has 0 amide bonds. The molecule has 3 aliphatic rings. The third kappa shape index (κ3) is 5.97. The molecule has 4 nitrogen and oxygen atoms in total. The maximum Gasteiger partial charge on any atom is 0.309 e. The van der Waals surface area contributed by atoms with Crippen LogP contribution in [0.3, 0.4) is 0 Å². The van der Waals surface area contributed by atoms with Gasteiger partial charge < -0.3 is 9.47 Å². The minimum Gasteiger partial charge on any atom is -0.462 e. The van der Waals surface area contributed by atoms with Crippen LogP contribution in [0.2, 0.25) is 0 Å². The van der Waals surface area contributed by atoms with Gasteiger partial charge in [-0.1, -0.05) is 39.5 Å². The van der Waals surface area contributed by atoms with Gasteiger partial charge in [-0.2, -0.15) is 0 Å². The van der Waals surface area contributed by atoms with Gasteiger partial charge >= 0.3 is 11.9 Å². The van der Waals surface area contributed by atoms with Crippen LogP contribution in [0, 0.1) is 23.7 Å². The Labute approximate surface area is 171 Å². The molecule has 2 aliphatic carbocycles. The molecule has 3 rings (SSSR count). The summed E-state index contributed by atoms with van der Waals surface area (Å²) in [5.74, 6) is 1.47. The molecule has 0 radical (unpaired) electrons. The second-order valence-electron chi connectivity index (χ2n) is 9.64. The lowest BCUT2D eigenvalue weighted by Gasteiger charge is -2.36. The van der Waals surface area contributed by atoms with E-state index < -0.39 is 0 Å². The second-order valence-corrected chi connectivity index (χ2v) is 9.64. The highest BCUT2D eigenvalue weighted by Crippen LogP contribution is 2.37. The molecule has 1 saturated heterocycles. The maximum atomic E-state index is 12.6. The Morgan fingerprint density at radius 2 is 1.68 bits per heavy atom. The van der Waals surface area contributed by atoms with Gasteiger partial charge in [0.2, 0.25) is 0 Å². The molecular weight excluding hydrogens is 352 g/mol. The molecule has 3 fully saturated rings. The topological polar surface area (TPSA) is 52.6 Å². The van der Waals surface area contributed by atoms with Gasteiger partial charge in [-0.25, -0.2) is 0 Å². The Balaban J connectivity index is 1.34. The van der Waals surface area contributed by atoms with E-state index in [1.165, 1.54) is 38.5 Å². The van der Waals surface area contributed by atoms with E-state index in [0.717, 1.165) is 57.3 Å². The molecule has 0 aromatic heterocycles. The van der Waals surface area contributed by atoms with E-state index in [1.807, 2.05) is 6.92 Å². The van der Waals surface area contributed by atoms with E-state index in [9.17, 15) is 9.59 Å². The lowest BCUT2D eigenvalue weighted by atomic mass is 9.79. The zero-order valence-corrected chi connectivity index (χ0v) is 18.0. The lowest BCUT2D eigenvalue weighted by molar-refractivity contribution is -0.165. The molecule has 0 spiro atoms. The third-order valence-corrected chi connectivity index (χ3v) is 7.48. The predicted molar refractivity (Wildman–Crippen MR) is 110 cm³/mol. The Kier molecular flexibility index (Phi) is 8.23. The SMILES string of the molecule is CCCCCC1CCC(C(=O)OC2CCC(C3CCC(C)C(=O)O3)CC2)CC1. The molecule has 2 saturated carbocycles. The Morgan fingerprint density at radius 1 is 0.964 bits per heavy atom. The number of cyclic esters (lactones) is 1. The zero-order valence-electron chi connectivity index (χ0n) is 18.0. The standard InChI is InChI=1S/C24H40O4/c1-3-4-5-6-18-8-10-20(11-9-18)24(26)27-21-14-12-19(13-15-21)22-16-7-17(2)23(25)28-22/h17-22H,3-16H2,1-2H3. The first-order chi connectivity index (χ1) is 13.6. The van der Waals surface area contributed by atoms with Crippen molar-refractivity contribution in [2.45, 2.75) is 116 Å². The number of unbranched alkanes of at least 4 members (excludes halogenated alkanes) is 2. The van der Waals surface area contributed by atoms with Crippen molar-refractivity contribution in [3.63, 3.8) is 0 Å².